The summed E-state index contributed by atoms with van der Waals surface area (Å²) in [6, 6.07) is 20.0. The van der Waals surface area contributed by atoms with Crippen LogP contribution >= 0.6 is 0 Å². The van der Waals surface area contributed by atoms with E-state index in [2.05, 4.69) is 80.7 Å². The first-order valence-electron chi connectivity index (χ1n) is 7.96. The highest BCUT2D eigenvalue weighted by Gasteiger charge is 2.36. The Morgan fingerprint density at radius 3 is 2.05 bits per heavy atom. The largest absolute Gasteiger partial charge is 0.382 e. The third-order valence-electron chi connectivity index (χ3n) is 4.68. The van der Waals surface area contributed by atoms with E-state index in [0.29, 0.717) is 11.5 Å². The van der Waals surface area contributed by atoms with Crippen LogP contribution in [0.25, 0.3) is 11.1 Å². The van der Waals surface area contributed by atoms with E-state index >= 15 is 0 Å². The fourth-order valence-corrected chi connectivity index (χ4v) is 3.69. The molecule has 1 nitrogen and oxygen atoms in total. The number of hydrogen-bond acceptors (Lipinski definition) is 1. The van der Waals surface area contributed by atoms with Crippen molar-refractivity contribution in [3.05, 3.63) is 54.6 Å². The maximum Gasteiger partial charge on any atom is 0.0342 e. The molecule has 1 N–H and O–H groups in total. The molecule has 0 bridgehead atoms. The molecular formula is C20H25N. The first-order chi connectivity index (χ1) is 10.0. The van der Waals surface area contributed by atoms with Crippen LogP contribution in [0.3, 0.4) is 0 Å². The van der Waals surface area contributed by atoms with Gasteiger partial charge in [-0.15, -0.1) is 0 Å². The van der Waals surface area contributed by atoms with Gasteiger partial charge in [0, 0.05) is 11.7 Å². The molecule has 0 heterocycles. The van der Waals surface area contributed by atoms with Gasteiger partial charge in [0.15, 0.2) is 0 Å². The molecule has 2 atom stereocenters. The molecule has 1 fully saturated rings. The Labute approximate surface area is 128 Å². The minimum Gasteiger partial charge on any atom is -0.382 e. The highest BCUT2D eigenvalue weighted by atomic mass is 14.9. The Morgan fingerprint density at radius 1 is 0.857 bits per heavy atom. The summed E-state index contributed by atoms with van der Waals surface area (Å²) in [5.41, 5.74) is 4.27. The third-order valence-corrected chi connectivity index (χ3v) is 4.68. The lowest BCUT2D eigenvalue weighted by molar-refractivity contribution is 0.366. The van der Waals surface area contributed by atoms with Gasteiger partial charge in [0.05, 0.1) is 0 Å². The average molecular weight is 279 g/mol. The van der Waals surface area contributed by atoms with Gasteiger partial charge in [-0.3, -0.25) is 0 Å². The Kier molecular flexibility index (Phi) is 3.75. The third kappa shape index (κ3) is 3.29. The SMILES string of the molecule is CC1CC(C)(C)CC1Nc1ccc(-c2ccccc2)cc1. The van der Waals surface area contributed by atoms with Crippen LogP contribution in [0.2, 0.25) is 0 Å². The van der Waals surface area contributed by atoms with Gasteiger partial charge in [-0.05, 0) is 47.4 Å². The molecule has 1 aliphatic rings. The van der Waals surface area contributed by atoms with Crippen LogP contribution in [0.5, 0.6) is 0 Å². The van der Waals surface area contributed by atoms with Gasteiger partial charge in [-0.25, -0.2) is 0 Å². The van der Waals surface area contributed by atoms with Gasteiger partial charge in [-0.1, -0.05) is 63.2 Å². The van der Waals surface area contributed by atoms with Crippen molar-refractivity contribution in [1.82, 2.24) is 0 Å². The normalized spacial score (nSPS) is 24.0. The molecule has 0 radical (unpaired) electrons. The van der Waals surface area contributed by atoms with E-state index in [1.54, 1.807) is 0 Å². The molecule has 1 heteroatoms. The van der Waals surface area contributed by atoms with E-state index in [9.17, 15) is 0 Å². The van der Waals surface area contributed by atoms with E-state index in [1.165, 1.54) is 29.7 Å². The van der Waals surface area contributed by atoms with Crippen LogP contribution in [0, 0.1) is 11.3 Å². The van der Waals surface area contributed by atoms with Crippen molar-refractivity contribution in [2.24, 2.45) is 11.3 Å². The first kappa shape index (κ1) is 14.2. The van der Waals surface area contributed by atoms with Crippen molar-refractivity contribution in [1.29, 1.82) is 0 Å². The Balaban J connectivity index is 1.71. The summed E-state index contributed by atoms with van der Waals surface area (Å²) in [5.74, 6) is 0.744. The zero-order valence-electron chi connectivity index (χ0n) is 13.3. The maximum atomic E-state index is 3.72. The molecule has 1 aliphatic carbocycles. The monoisotopic (exact) mass is 279 g/mol. The Bertz CT molecular complexity index is 583. The molecule has 110 valence electrons. The Hall–Kier alpha value is -1.76. The summed E-state index contributed by atoms with van der Waals surface area (Å²) in [5, 5.41) is 3.72. The van der Waals surface area contributed by atoms with E-state index in [-0.39, 0.29) is 0 Å². The molecule has 2 aromatic carbocycles. The number of hydrogen-bond donors (Lipinski definition) is 1. The zero-order valence-corrected chi connectivity index (χ0v) is 13.3. The molecule has 1 saturated carbocycles. The predicted octanol–water partition coefficient (Wildman–Crippen LogP) is 5.59. The molecule has 2 unspecified atom stereocenters. The topological polar surface area (TPSA) is 12.0 Å². The summed E-state index contributed by atoms with van der Waals surface area (Å²) >= 11 is 0. The fourth-order valence-electron chi connectivity index (χ4n) is 3.69. The van der Waals surface area contributed by atoms with Crippen molar-refractivity contribution in [3.63, 3.8) is 0 Å². The lowest BCUT2D eigenvalue weighted by Crippen LogP contribution is -2.22. The van der Waals surface area contributed by atoms with Crippen LogP contribution in [0.4, 0.5) is 5.69 Å². The van der Waals surface area contributed by atoms with Crippen LogP contribution in [-0.2, 0) is 0 Å². The van der Waals surface area contributed by atoms with Crippen molar-refractivity contribution in [2.45, 2.75) is 39.7 Å². The van der Waals surface area contributed by atoms with E-state index in [0.717, 1.165) is 5.92 Å². The molecule has 21 heavy (non-hydrogen) atoms. The molecule has 0 saturated heterocycles. The standard InChI is InChI=1S/C20H25N/c1-15-13-20(2,3)14-19(15)21-18-11-9-17(10-12-18)16-7-5-4-6-8-16/h4-12,15,19,21H,13-14H2,1-3H3. The summed E-state index contributed by atoms with van der Waals surface area (Å²) in [4.78, 5) is 0. The van der Waals surface area contributed by atoms with Gasteiger partial charge in [0.25, 0.3) is 0 Å². The van der Waals surface area contributed by atoms with Crippen molar-refractivity contribution in [3.8, 4) is 11.1 Å². The Morgan fingerprint density at radius 2 is 1.48 bits per heavy atom. The van der Waals surface area contributed by atoms with E-state index in [4.69, 9.17) is 0 Å². The van der Waals surface area contributed by atoms with Gasteiger partial charge < -0.3 is 5.32 Å². The molecule has 3 rings (SSSR count). The number of rotatable bonds is 3. The van der Waals surface area contributed by atoms with Crippen LogP contribution < -0.4 is 5.32 Å². The predicted molar refractivity (Wildman–Crippen MR) is 91.5 cm³/mol. The minimum atomic E-state index is 0.473. The maximum absolute atomic E-state index is 3.72. The molecule has 0 amide bonds. The highest BCUT2D eigenvalue weighted by molar-refractivity contribution is 5.65. The summed E-state index contributed by atoms with van der Waals surface area (Å²) < 4.78 is 0. The molecule has 0 aromatic heterocycles. The summed E-state index contributed by atoms with van der Waals surface area (Å²) in [7, 11) is 0. The molecule has 0 aliphatic heterocycles. The molecule has 0 spiro atoms. The van der Waals surface area contributed by atoms with Crippen molar-refractivity contribution in [2.75, 3.05) is 5.32 Å². The fraction of sp³-hybridized carbons (Fsp3) is 0.400. The smallest absolute Gasteiger partial charge is 0.0342 e. The van der Waals surface area contributed by atoms with Gasteiger partial charge in [0.2, 0.25) is 0 Å². The summed E-state index contributed by atoms with van der Waals surface area (Å²) in [6.45, 7) is 7.12. The van der Waals surface area contributed by atoms with Gasteiger partial charge >= 0.3 is 0 Å². The van der Waals surface area contributed by atoms with Crippen LogP contribution in [-0.4, -0.2) is 6.04 Å². The lowest BCUT2D eigenvalue weighted by atomic mass is 9.91. The van der Waals surface area contributed by atoms with E-state index in [1.807, 2.05) is 0 Å². The van der Waals surface area contributed by atoms with Crippen LogP contribution in [0.15, 0.2) is 54.6 Å². The first-order valence-corrected chi connectivity index (χ1v) is 7.96. The second-order valence-electron chi connectivity index (χ2n) is 7.24. The number of nitrogens with one attached hydrogen (secondary N) is 1. The number of anilines is 1. The highest BCUT2D eigenvalue weighted by Crippen LogP contribution is 2.42. The second-order valence-corrected chi connectivity index (χ2v) is 7.24. The van der Waals surface area contributed by atoms with Crippen LogP contribution in [0.1, 0.15) is 33.6 Å². The quantitative estimate of drug-likeness (QED) is 0.772. The average Bonchev–Trinajstić information content (AvgIpc) is 2.73. The lowest BCUT2D eigenvalue weighted by Gasteiger charge is -2.20. The van der Waals surface area contributed by atoms with E-state index < -0.39 is 0 Å². The second kappa shape index (κ2) is 5.55. The molecule has 2 aromatic rings. The van der Waals surface area contributed by atoms with Crippen molar-refractivity contribution < 1.29 is 0 Å². The van der Waals surface area contributed by atoms with Gasteiger partial charge in [0.1, 0.15) is 0 Å². The number of benzene rings is 2. The summed E-state index contributed by atoms with van der Waals surface area (Å²) in [6.07, 6.45) is 2.57. The zero-order chi connectivity index (χ0) is 14.9. The van der Waals surface area contributed by atoms with Crippen molar-refractivity contribution >= 4 is 5.69 Å². The van der Waals surface area contributed by atoms with Gasteiger partial charge in [-0.2, -0.15) is 0 Å². The molecular weight excluding hydrogens is 254 g/mol. The minimum absolute atomic E-state index is 0.473.